The third-order valence-electron chi connectivity index (χ3n) is 5.01. The first-order chi connectivity index (χ1) is 16.3. The summed E-state index contributed by atoms with van der Waals surface area (Å²) in [5.41, 5.74) is 0.631. The molecule has 3 heterocycles. The summed E-state index contributed by atoms with van der Waals surface area (Å²) >= 11 is 0. The van der Waals surface area contributed by atoms with Crippen LogP contribution in [0.5, 0.6) is 0 Å². The average molecular weight is 468 g/mol. The molecule has 9 nitrogen and oxygen atoms in total. The number of nitrogens with one attached hydrogen (secondary N) is 2. The van der Waals surface area contributed by atoms with Gasteiger partial charge in [-0.2, -0.15) is 13.2 Å². The molecule has 4 aromatic rings. The zero-order valence-corrected chi connectivity index (χ0v) is 17.9. The summed E-state index contributed by atoms with van der Waals surface area (Å²) in [6.45, 7) is 0.0459. The number of hydrogen-bond acceptors (Lipinski definition) is 7. The Labute approximate surface area is 192 Å². The Morgan fingerprint density at radius 3 is 2.65 bits per heavy atom. The van der Waals surface area contributed by atoms with Crippen LogP contribution in [-0.4, -0.2) is 35.6 Å². The van der Waals surface area contributed by atoms with Crippen LogP contribution in [-0.2, 0) is 26.3 Å². The van der Waals surface area contributed by atoms with Gasteiger partial charge in [0, 0.05) is 43.4 Å². The standard InChI is InChI=1S/C22H19F3N8O/c1-33-19(31-32-20(33)18-6-8-27-13-30-18)12-28-16-4-2-3-14(9-16)21(34)29-10-15-5-7-26-11-17(15)22(23,24)25/h2-9,11,13,28H,10,12H2,1H3,(H,29,34). The van der Waals surface area contributed by atoms with Gasteiger partial charge < -0.3 is 15.2 Å². The minimum atomic E-state index is -4.55. The molecular formula is C22H19F3N8O. The smallest absolute Gasteiger partial charge is 0.378 e. The predicted octanol–water partition coefficient (Wildman–Crippen LogP) is 3.23. The van der Waals surface area contributed by atoms with E-state index in [0.29, 0.717) is 35.1 Å². The van der Waals surface area contributed by atoms with E-state index in [1.54, 1.807) is 41.1 Å². The van der Waals surface area contributed by atoms with Crippen LogP contribution in [0, 0.1) is 0 Å². The molecule has 0 radical (unpaired) electrons. The van der Waals surface area contributed by atoms with Crippen LogP contribution in [0.1, 0.15) is 27.3 Å². The van der Waals surface area contributed by atoms with Crippen LogP contribution in [0.25, 0.3) is 11.5 Å². The largest absolute Gasteiger partial charge is 0.418 e. The molecule has 34 heavy (non-hydrogen) atoms. The first-order valence-corrected chi connectivity index (χ1v) is 10.1. The third kappa shape index (κ3) is 5.17. The maximum Gasteiger partial charge on any atom is 0.418 e. The number of carbonyl (C=O) groups is 1. The lowest BCUT2D eigenvalue weighted by Gasteiger charge is -2.13. The second-order valence-corrected chi connectivity index (χ2v) is 7.24. The van der Waals surface area contributed by atoms with E-state index >= 15 is 0 Å². The van der Waals surface area contributed by atoms with Gasteiger partial charge in [-0.3, -0.25) is 9.78 Å². The van der Waals surface area contributed by atoms with Crippen LogP contribution >= 0.6 is 0 Å². The minimum Gasteiger partial charge on any atom is -0.378 e. The molecule has 1 amide bonds. The molecule has 0 aliphatic rings. The van der Waals surface area contributed by atoms with Crippen molar-refractivity contribution in [3.63, 3.8) is 0 Å². The molecule has 4 rings (SSSR count). The number of rotatable bonds is 7. The summed E-state index contributed by atoms with van der Waals surface area (Å²) in [7, 11) is 1.81. The number of nitrogens with zero attached hydrogens (tertiary/aromatic N) is 6. The van der Waals surface area contributed by atoms with E-state index in [0.717, 1.165) is 6.20 Å². The topological polar surface area (TPSA) is 111 Å². The summed E-state index contributed by atoms with van der Waals surface area (Å²) in [4.78, 5) is 24.1. The Morgan fingerprint density at radius 1 is 1.06 bits per heavy atom. The number of alkyl halides is 3. The van der Waals surface area contributed by atoms with Gasteiger partial charge in [-0.05, 0) is 35.9 Å². The van der Waals surface area contributed by atoms with Crippen LogP contribution in [0.3, 0.4) is 0 Å². The number of aromatic nitrogens is 6. The van der Waals surface area contributed by atoms with E-state index in [2.05, 4.69) is 35.8 Å². The SMILES string of the molecule is Cn1c(CNc2cccc(C(=O)NCc3ccncc3C(F)(F)F)c2)nnc1-c1ccncn1. The third-order valence-corrected chi connectivity index (χ3v) is 5.01. The van der Waals surface area contributed by atoms with E-state index in [9.17, 15) is 18.0 Å². The van der Waals surface area contributed by atoms with Gasteiger partial charge in [0.05, 0.1) is 12.1 Å². The summed E-state index contributed by atoms with van der Waals surface area (Å²) in [6, 6.07) is 9.59. The van der Waals surface area contributed by atoms with Crippen molar-refractivity contribution in [1.29, 1.82) is 0 Å². The number of halogens is 3. The molecule has 0 bridgehead atoms. The molecule has 0 aliphatic heterocycles. The fourth-order valence-electron chi connectivity index (χ4n) is 3.22. The van der Waals surface area contributed by atoms with Crippen molar-refractivity contribution < 1.29 is 18.0 Å². The lowest BCUT2D eigenvalue weighted by atomic mass is 10.1. The monoisotopic (exact) mass is 468 g/mol. The van der Waals surface area contributed by atoms with Crippen molar-refractivity contribution in [2.75, 3.05) is 5.32 Å². The highest BCUT2D eigenvalue weighted by atomic mass is 19.4. The number of carbonyl (C=O) groups excluding carboxylic acids is 1. The zero-order chi connectivity index (χ0) is 24.1. The highest BCUT2D eigenvalue weighted by molar-refractivity contribution is 5.95. The van der Waals surface area contributed by atoms with Crippen LogP contribution in [0.2, 0.25) is 0 Å². The Hall–Kier alpha value is -4.35. The number of amides is 1. The van der Waals surface area contributed by atoms with E-state index in [1.165, 1.54) is 18.6 Å². The minimum absolute atomic E-state index is 0.0631. The Bertz CT molecular complexity index is 1290. The summed E-state index contributed by atoms with van der Waals surface area (Å²) in [5.74, 6) is 0.723. The molecule has 0 saturated carbocycles. The maximum atomic E-state index is 13.1. The second-order valence-electron chi connectivity index (χ2n) is 7.24. The molecule has 0 atom stereocenters. The van der Waals surface area contributed by atoms with Crippen molar-refractivity contribution in [2.45, 2.75) is 19.3 Å². The number of hydrogen-bond donors (Lipinski definition) is 2. The van der Waals surface area contributed by atoms with E-state index in [1.807, 2.05) is 7.05 Å². The number of pyridine rings is 1. The molecule has 174 valence electrons. The van der Waals surface area contributed by atoms with E-state index in [-0.39, 0.29) is 12.1 Å². The normalized spacial score (nSPS) is 11.3. The molecule has 0 unspecified atom stereocenters. The lowest BCUT2D eigenvalue weighted by Crippen LogP contribution is -2.24. The van der Waals surface area contributed by atoms with Gasteiger partial charge in [0.25, 0.3) is 5.91 Å². The zero-order valence-electron chi connectivity index (χ0n) is 17.9. The van der Waals surface area contributed by atoms with Crippen molar-refractivity contribution >= 4 is 11.6 Å². The predicted molar refractivity (Wildman–Crippen MR) is 116 cm³/mol. The van der Waals surface area contributed by atoms with Crippen molar-refractivity contribution in [1.82, 2.24) is 35.0 Å². The molecular weight excluding hydrogens is 449 g/mol. The van der Waals surface area contributed by atoms with Crippen molar-refractivity contribution in [2.24, 2.45) is 7.05 Å². The first-order valence-electron chi connectivity index (χ1n) is 10.1. The quantitative estimate of drug-likeness (QED) is 0.428. The average Bonchev–Trinajstić information content (AvgIpc) is 3.21. The van der Waals surface area contributed by atoms with E-state index in [4.69, 9.17) is 0 Å². The van der Waals surface area contributed by atoms with Gasteiger partial charge in [0.1, 0.15) is 12.0 Å². The molecule has 3 aromatic heterocycles. The van der Waals surface area contributed by atoms with Crippen LogP contribution < -0.4 is 10.6 Å². The molecule has 12 heteroatoms. The van der Waals surface area contributed by atoms with Crippen LogP contribution in [0.15, 0.2) is 61.3 Å². The second kappa shape index (κ2) is 9.65. The van der Waals surface area contributed by atoms with Gasteiger partial charge in [-0.1, -0.05) is 6.07 Å². The van der Waals surface area contributed by atoms with Gasteiger partial charge in [0.15, 0.2) is 11.6 Å². The van der Waals surface area contributed by atoms with E-state index < -0.39 is 17.6 Å². The Balaban J connectivity index is 1.40. The van der Waals surface area contributed by atoms with Gasteiger partial charge in [-0.25, -0.2) is 9.97 Å². The number of anilines is 1. The summed E-state index contributed by atoms with van der Waals surface area (Å²) in [6.07, 6.45) is 0.491. The van der Waals surface area contributed by atoms with Crippen molar-refractivity contribution in [3.8, 4) is 11.5 Å². The van der Waals surface area contributed by atoms with Crippen LogP contribution in [0.4, 0.5) is 18.9 Å². The Kier molecular flexibility index (Phi) is 6.48. The molecule has 1 aromatic carbocycles. The molecule has 0 fully saturated rings. The van der Waals surface area contributed by atoms with Gasteiger partial charge in [0.2, 0.25) is 0 Å². The molecule has 0 saturated heterocycles. The van der Waals surface area contributed by atoms with Gasteiger partial charge in [-0.15, -0.1) is 10.2 Å². The summed E-state index contributed by atoms with van der Waals surface area (Å²) < 4.78 is 41.2. The fourth-order valence-corrected chi connectivity index (χ4v) is 3.22. The fraction of sp³-hybridized carbons (Fsp3) is 0.182. The van der Waals surface area contributed by atoms with Gasteiger partial charge >= 0.3 is 6.18 Å². The first kappa shape index (κ1) is 22.8. The lowest BCUT2D eigenvalue weighted by molar-refractivity contribution is -0.138. The molecule has 2 N–H and O–H groups in total. The highest BCUT2D eigenvalue weighted by Gasteiger charge is 2.33. The maximum absolute atomic E-state index is 13.1. The summed E-state index contributed by atoms with van der Waals surface area (Å²) in [5, 5.41) is 14.0. The van der Waals surface area contributed by atoms with Crippen molar-refractivity contribution in [3.05, 3.63) is 83.8 Å². The molecule has 0 spiro atoms. The molecule has 0 aliphatic carbocycles. The number of benzene rings is 1. The highest BCUT2D eigenvalue weighted by Crippen LogP contribution is 2.31. The Morgan fingerprint density at radius 2 is 1.88 bits per heavy atom.